The van der Waals surface area contributed by atoms with E-state index in [2.05, 4.69) is 10.6 Å². The van der Waals surface area contributed by atoms with Crippen molar-refractivity contribution in [2.24, 2.45) is 0 Å². The largest absolute Gasteiger partial charge is 0.375 e. The highest BCUT2D eigenvalue weighted by Crippen LogP contribution is 2.29. The van der Waals surface area contributed by atoms with E-state index in [4.69, 9.17) is 23.2 Å². The van der Waals surface area contributed by atoms with E-state index in [-0.39, 0.29) is 12.2 Å². The number of carbonyl (C=O) groups is 1. The minimum atomic E-state index is -0.767. The molecule has 0 atom stereocenters. The number of anilines is 2. The van der Waals surface area contributed by atoms with E-state index < -0.39 is 17.5 Å². The van der Waals surface area contributed by atoms with E-state index in [1.54, 1.807) is 18.2 Å². The highest BCUT2D eigenvalue weighted by Gasteiger charge is 2.08. The molecular weight excluding hydrogens is 321 g/mol. The molecular formula is C14H10Cl2F2N2O. The van der Waals surface area contributed by atoms with Crippen LogP contribution in [0.15, 0.2) is 36.4 Å². The first-order chi connectivity index (χ1) is 9.95. The first-order valence-electron chi connectivity index (χ1n) is 5.89. The van der Waals surface area contributed by atoms with Crippen molar-refractivity contribution in [3.05, 3.63) is 58.1 Å². The average Bonchev–Trinajstić information content (AvgIpc) is 2.39. The molecule has 0 heterocycles. The number of nitrogens with one attached hydrogen (secondary N) is 2. The number of carbonyl (C=O) groups excluding carboxylic acids is 1. The molecule has 0 aliphatic heterocycles. The summed E-state index contributed by atoms with van der Waals surface area (Å²) in [4.78, 5) is 11.7. The maximum Gasteiger partial charge on any atom is 0.243 e. The van der Waals surface area contributed by atoms with E-state index in [0.717, 1.165) is 18.2 Å². The fraction of sp³-hybridized carbons (Fsp3) is 0.0714. The lowest BCUT2D eigenvalue weighted by Crippen LogP contribution is -2.22. The van der Waals surface area contributed by atoms with Gasteiger partial charge in [-0.2, -0.15) is 0 Å². The summed E-state index contributed by atoms with van der Waals surface area (Å²) in [6.45, 7) is -0.127. The van der Waals surface area contributed by atoms with Crippen LogP contribution < -0.4 is 10.6 Å². The second-order valence-electron chi connectivity index (χ2n) is 4.16. The van der Waals surface area contributed by atoms with Crippen LogP contribution in [0.2, 0.25) is 10.0 Å². The van der Waals surface area contributed by atoms with E-state index in [1.165, 1.54) is 0 Å². The van der Waals surface area contributed by atoms with Gasteiger partial charge in [0.15, 0.2) is 0 Å². The van der Waals surface area contributed by atoms with Gasteiger partial charge in [0.05, 0.1) is 22.3 Å². The first-order valence-corrected chi connectivity index (χ1v) is 6.65. The predicted octanol–water partition coefficient (Wildman–Crippen LogP) is 4.32. The molecule has 0 bridgehead atoms. The van der Waals surface area contributed by atoms with Crippen LogP contribution in [0.1, 0.15) is 0 Å². The number of hydrogen-bond donors (Lipinski definition) is 2. The van der Waals surface area contributed by atoms with Crippen LogP contribution in [0.4, 0.5) is 20.2 Å². The molecule has 2 aromatic carbocycles. The Kier molecular flexibility index (Phi) is 4.98. The van der Waals surface area contributed by atoms with Crippen LogP contribution in [0.3, 0.4) is 0 Å². The fourth-order valence-corrected chi connectivity index (χ4v) is 2.01. The van der Waals surface area contributed by atoms with Crippen LogP contribution in [-0.4, -0.2) is 12.5 Å². The number of rotatable bonds is 4. The molecule has 1 amide bonds. The zero-order chi connectivity index (χ0) is 15.4. The first kappa shape index (κ1) is 15.5. The summed E-state index contributed by atoms with van der Waals surface area (Å²) >= 11 is 11.8. The normalized spacial score (nSPS) is 10.3. The van der Waals surface area contributed by atoms with Gasteiger partial charge in [0.2, 0.25) is 5.91 Å². The van der Waals surface area contributed by atoms with Crippen molar-refractivity contribution < 1.29 is 13.6 Å². The van der Waals surface area contributed by atoms with Gasteiger partial charge in [-0.05, 0) is 24.3 Å². The van der Waals surface area contributed by atoms with Crippen LogP contribution >= 0.6 is 23.2 Å². The Bertz CT molecular complexity index is 660. The molecule has 2 N–H and O–H groups in total. The lowest BCUT2D eigenvalue weighted by molar-refractivity contribution is -0.114. The average molecular weight is 331 g/mol. The molecule has 0 radical (unpaired) electrons. The Hall–Kier alpha value is -1.85. The van der Waals surface area contributed by atoms with E-state index >= 15 is 0 Å². The zero-order valence-corrected chi connectivity index (χ0v) is 12.1. The van der Waals surface area contributed by atoms with Crippen LogP contribution in [0.25, 0.3) is 0 Å². The highest BCUT2D eigenvalue weighted by atomic mass is 35.5. The standard InChI is InChI=1S/C14H10Cl2F2N2O/c15-11-2-1-3-12(14(11)16)19-7-13(21)20-10-5-8(17)4-9(18)6-10/h1-6,19H,7H2,(H,20,21). The SMILES string of the molecule is O=C(CNc1cccc(Cl)c1Cl)Nc1cc(F)cc(F)c1. The van der Waals surface area contributed by atoms with Gasteiger partial charge < -0.3 is 10.6 Å². The summed E-state index contributed by atoms with van der Waals surface area (Å²) in [5.74, 6) is -2.01. The number of benzene rings is 2. The van der Waals surface area contributed by atoms with Crippen molar-refractivity contribution in [1.82, 2.24) is 0 Å². The molecule has 21 heavy (non-hydrogen) atoms. The van der Waals surface area contributed by atoms with Gasteiger partial charge in [-0.1, -0.05) is 29.3 Å². The topological polar surface area (TPSA) is 41.1 Å². The number of hydrogen-bond acceptors (Lipinski definition) is 2. The lowest BCUT2D eigenvalue weighted by atomic mass is 10.3. The van der Waals surface area contributed by atoms with Gasteiger partial charge in [-0.3, -0.25) is 4.79 Å². The Morgan fingerprint density at radius 3 is 2.43 bits per heavy atom. The molecule has 0 fully saturated rings. The maximum atomic E-state index is 13.0. The molecule has 0 unspecified atom stereocenters. The Morgan fingerprint density at radius 1 is 1.10 bits per heavy atom. The monoisotopic (exact) mass is 330 g/mol. The summed E-state index contributed by atoms with van der Waals surface area (Å²) in [6, 6.07) is 7.71. The minimum Gasteiger partial charge on any atom is -0.375 e. The molecule has 0 aliphatic rings. The van der Waals surface area contributed by atoms with Gasteiger partial charge in [0, 0.05) is 11.8 Å². The number of amides is 1. The van der Waals surface area contributed by atoms with Crippen molar-refractivity contribution in [2.75, 3.05) is 17.2 Å². The van der Waals surface area contributed by atoms with Crippen LogP contribution in [0.5, 0.6) is 0 Å². The summed E-state index contributed by atoms with van der Waals surface area (Å²) in [7, 11) is 0. The Balaban J connectivity index is 1.97. The van der Waals surface area contributed by atoms with E-state index in [9.17, 15) is 13.6 Å². The minimum absolute atomic E-state index is 0.0384. The quantitative estimate of drug-likeness (QED) is 0.876. The molecule has 0 aromatic heterocycles. The van der Waals surface area contributed by atoms with Gasteiger partial charge >= 0.3 is 0 Å². The summed E-state index contributed by atoms with van der Waals surface area (Å²) in [6.07, 6.45) is 0. The summed E-state index contributed by atoms with van der Waals surface area (Å²) in [5.41, 5.74) is 0.529. The van der Waals surface area contributed by atoms with Crippen LogP contribution in [0, 0.1) is 11.6 Å². The third kappa shape index (κ3) is 4.31. The smallest absolute Gasteiger partial charge is 0.243 e. The Labute approximate surface area is 129 Å². The summed E-state index contributed by atoms with van der Waals surface area (Å²) in [5, 5.41) is 5.81. The van der Waals surface area contributed by atoms with Crippen molar-refractivity contribution in [3.63, 3.8) is 0 Å². The third-order valence-corrected chi connectivity index (χ3v) is 3.36. The molecule has 110 valence electrons. The van der Waals surface area contributed by atoms with Gasteiger partial charge in [-0.25, -0.2) is 8.78 Å². The molecule has 0 saturated carbocycles. The van der Waals surface area contributed by atoms with Gasteiger partial charge in [-0.15, -0.1) is 0 Å². The zero-order valence-electron chi connectivity index (χ0n) is 10.6. The highest BCUT2D eigenvalue weighted by molar-refractivity contribution is 6.43. The second-order valence-corrected chi connectivity index (χ2v) is 4.95. The molecule has 0 saturated heterocycles. The van der Waals surface area contributed by atoms with Crippen LogP contribution in [-0.2, 0) is 4.79 Å². The number of halogens is 4. The maximum absolute atomic E-state index is 13.0. The fourth-order valence-electron chi connectivity index (χ4n) is 1.65. The molecule has 0 aliphatic carbocycles. The molecule has 2 aromatic rings. The molecule has 2 rings (SSSR count). The summed E-state index contributed by atoms with van der Waals surface area (Å²) < 4.78 is 26.0. The second kappa shape index (κ2) is 6.74. The lowest BCUT2D eigenvalue weighted by Gasteiger charge is -2.10. The van der Waals surface area contributed by atoms with Crippen molar-refractivity contribution in [2.45, 2.75) is 0 Å². The predicted molar refractivity (Wildman–Crippen MR) is 79.9 cm³/mol. The van der Waals surface area contributed by atoms with E-state index in [1.807, 2.05) is 0 Å². The Morgan fingerprint density at radius 2 is 1.76 bits per heavy atom. The molecule has 0 spiro atoms. The molecule has 3 nitrogen and oxygen atoms in total. The third-order valence-electron chi connectivity index (χ3n) is 2.54. The van der Waals surface area contributed by atoms with Crippen molar-refractivity contribution in [3.8, 4) is 0 Å². The molecule has 7 heteroatoms. The van der Waals surface area contributed by atoms with E-state index in [0.29, 0.717) is 15.7 Å². The van der Waals surface area contributed by atoms with Gasteiger partial charge in [0.25, 0.3) is 0 Å². The van der Waals surface area contributed by atoms with Crippen molar-refractivity contribution >= 4 is 40.5 Å². The van der Waals surface area contributed by atoms with Gasteiger partial charge in [0.1, 0.15) is 11.6 Å². The van der Waals surface area contributed by atoms with Crippen molar-refractivity contribution in [1.29, 1.82) is 0 Å².